The van der Waals surface area contributed by atoms with Crippen molar-refractivity contribution < 1.29 is 0 Å². The molecule has 13 aromatic rings. The first-order chi connectivity index (χ1) is 40.9. The Kier molecular flexibility index (Phi) is 13.3. The maximum absolute atomic E-state index is 10.8. The van der Waals surface area contributed by atoms with Crippen LogP contribution in [-0.4, -0.2) is 14.5 Å². The van der Waals surface area contributed by atoms with Crippen molar-refractivity contribution in [3.05, 3.63) is 295 Å². The number of nitriles is 4. The first kappa shape index (κ1) is 50.4. The second-order valence-electron chi connectivity index (χ2n) is 19.9. The predicted octanol–water partition coefficient (Wildman–Crippen LogP) is 18.3. The van der Waals surface area contributed by atoms with Gasteiger partial charge in [0.05, 0.1) is 69.0 Å². The first-order valence-electron chi connectivity index (χ1n) is 26.9. The summed E-state index contributed by atoms with van der Waals surface area (Å²) in [7, 11) is 0. The maximum Gasteiger partial charge on any atom is 0.160 e. The van der Waals surface area contributed by atoms with Gasteiger partial charge in [-0.1, -0.05) is 133 Å². The van der Waals surface area contributed by atoms with Gasteiger partial charge in [0.25, 0.3) is 0 Å². The molecule has 11 aromatic carbocycles. The van der Waals surface area contributed by atoms with Gasteiger partial charge >= 0.3 is 0 Å². The van der Waals surface area contributed by atoms with Gasteiger partial charge < -0.3 is 14.4 Å². The Morgan fingerprint density at radius 2 is 0.723 bits per heavy atom. The second-order valence-corrected chi connectivity index (χ2v) is 19.9. The topological polar surface area (TPSA) is 132 Å². The molecule has 13 rings (SSSR count). The lowest BCUT2D eigenvalue weighted by atomic mass is 9.90. The Labute approximate surface area is 480 Å². The van der Waals surface area contributed by atoms with Crippen LogP contribution in [0.5, 0.6) is 0 Å². The summed E-state index contributed by atoms with van der Waals surface area (Å²) in [5.74, 6) is 0.422. The summed E-state index contributed by atoms with van der Waals surface area (Å²) in [6.07, 6.45) is 0. The van der Waals surface area contributed by atoms with E-state index in [1.165, 1.54) is 0 Å². The minimum Gasteiger partial charge on any atom is -0.310 e. The van der Waals surface area contributed by atoms with Crippen molar-refractivity contribution in [2.45, 2.75) is 0 Å². The highest BCUT2D eigenvalue weighted by Crippen LogP contribution is 2.44. The van der Waals surface area contributed by atoms with E-state index >= 15 is 0 Å². The Bertz CT molecular complexity index is 4430. The van der Waals surface area contributed by atoms with Crippen LogP contribution >= 0.6 is 0 Å². The highest BCUT2D eigenvalue weighted by atomic mass is 15.1. The molecule has 0 saturated carbocycles. The van der Waals surface area contributed by atoms with Crippen LogP contribution in [0.1, 0.15) is 22.3 Å². The van der Waals surface area contributed by atoms with E-state index in [9.17, 15) is 21.0 Å². The molecule has 0 aliphatic heterocycles. The molecular formula is C74H45N9. The number of nitrogens with zero attached hydrogens (tertiary/aromatic N) is 9. The van der Waals surface area contributed by atoms with Gasteiger partial charge in [-0.3, -0.25) is 0 Å². The van der Waals surface area contributed by atoms with Crippen LogP contribution in [-0.2, 0) is 0 Å². The zero-order valence-corrected chi connectivity index (χ0v) is 44.5. The van der Waals surface area contributed by atoms with Crippen molar-refractivity contribution in [3.8, 4) is 86.1 Å². The SMILES string of the molecule is N#Cc1cccc(-c2cc(-c3ccc(-c4c(C#N)cc(-c5ccc(-n6c7ccc(N(c8ccccc8)c8ccccc8)cc7c7cc(N(c8ccccc8)c8ccccc8)ccc76)cc5)cc4C#N)cc3)nc(-c3cccc(C#N)c3)n2)c1. The van der Waals surface area contributed by atoms with E-state index in [1.54, 1.807) is 30.3 Å². The van der Waals surface area contributed by atoms with Crippen LogP contribution in [0.15, 0.2) is 273 Å². The molecule has 0 aliphatic rings. The van der Waals surface area contributed by atoms with Crippen LogP contribution in [0, 0.1) is 45.3 Å². The van der Waals surface area contributed by atoms with E-state index in [1.807, 2.05) is 84.9 Å². The van der Waals surface area contributed by atoms with Gasteiger partial charge in [0.1, 0.15) is 0 Å². The summed E-state index contributed by atoms with van der Waals surface area (Å²) in [6, 6.07) is 100. The Morgan fingerprint density at radius 1 is 0.301 bits per heavy atom. The first-order valence-corrected chi connectivity index (χ1v) is 26.9. The fraction of sp³-hybridized carbons (Fsp3) is 0. The van der Waals surface area contributed by atoms with Gasteiger partial charge in [-0.2, -0.15) is 21.0 Å². The summed E-state index contributed by atoms with van der Waals surface area (Å²) in [6.45, 7) is 0. The lowest BCUT2D eigenvalue weighted by molar-refractivity contribution is 1.18. The molecule has 386 valence electrons. The third kappa shape index (κ3) is 9.73. The minimum atomic E-state index is 0.367. The number of anilines is 6. The predicted molar refractivity (Wildman–Crippen MR) is 332 cm³/mol. The molecule has 0 spiro atoms. The molecule has 83 heavy (non-hydrogen) atoms. The van der Waals surface area contributed by atoms with Gasteiger partial charge in [0, 0.05) is 72.8 Å². The standard InChI is InChI=1S/C74H45N9/c75-46-50-15-13-17-55(39-50)70-45-69(79-74(80-70)56-18-14-16-51(40-56)47-76)53-27-29-54(30-28-53)73-58(48-77)41-57(42-59(73)49-78)52-31-33-64(34-32-52)83-71-37-35-65(81(60-19-5-1-6-20-60)61-21-7-2-8-22-61)43-67(71)68-44-66(36-38-72(68)83)82(62-23-9-3-10-24-62)63-25-11-4-12-26-63/h1-45H. The third-order valence-electron chi connectivity index (χ3n) is 14.9. The Morgan fingerprint density at radius 3 is 1.18 bits per heavy atom. The number of hydrogen-bond donors (Lipinski definition) is 0. The summed E-state index contributed by atoms with van der Waals surface area (Å²) in [4.78, 5) is 14.4. The minimum absolute atomic E-state index is 0.367. The fourth-order valence-corrected chi connectivity index (χ4v) is 11.0. The lowest BCUT2D eigenvalue weighted by Crippen LogP contribution is -2.09. The largest absolute Gasteiger partial charge is 0.310 e. The van der Waals surface area contributed by atoms with E-state index in [0.717, 1.165) is 83.9 Å². The van der Waals surface area contributed by atoms with E-state index in [0.29, 0.717) is 56.2 Å². The molecule has 0 saturated heterocycles. The van der Waals surface area contributed by atoms with E-state index in [2.05, 4.69) is 196 Å². The zero-order valence-electron chi connectivity index (χ0n) is 44.5. The Balaban J connectivity index is 0.881. The van der Waals surface area contributed by atoms with Crippen molar-refractivity contribution in [3.63, 3.8) is 0 Å². The average molecular weight is 1060 g/mol. The molecule has 0 bridgehead atoms. The van der Waals surface area contributed by atoms with Crippen LogP contribution in [0.3, 0.4) is 0 Å². The van der Waals surface area contributed by atoms with Gasteiger partial charge in [0.2, 0.25) is 0 Å². The number of benzene rings is 11. The third-order valence-corrected chi connectivity index (χ3v) is 14.9. The molecule has 9 nitrogen and oxygen atoms in total. The second kappa shape index (κ2) is 21.9. The van der Waals surface area contributed by atoms with Crippen molar-refractivity contribution in [1.29, 1.82) is 21.0 Å². The number of hydrogen-bond acceptors (Lipinski definition) is 8. The molecule has 0 aliphatic carbocycles. The molecule has 2 aromatic heterocycles. The number of fused-ring (bicyclic) bond motifs is 3. The van der Waals surface area contributed by atoms with Crippen LogP contribution < -0.4 is 9.80 Å². The van der Waals surface area contributed by atoms with Crippen molar-refractivity contribution in [1.82, 2.24) is 14.5 Å². The van der Waals surface area contributed by atoms with Gasteiger partial charge in [-0.05, 0) is 156 Å². The molecule has 9 heteroatoms. The van der Waals surface area contributed by atoms with Crippen molar-refractivity contribution in [2.75, 3.05) is 9.80 Å². The highest BCUT2D eigenvalue weighted by molar-refractivity contribution is 6.12. The monoisotopic (exact) mass is 1060 g/mol. The quantitative estimate of drug-likeness (QED) is 0.118. The molecule has 2 heterocycles. The average Bonchev–Trinajstić information content (AvgIpc) is 3.07. The molecule has 0 fully saturated rings. The lowest BCUT2D eigenvalue weighted by Gasteiger charge is -2.26. The van der Waals surface area contributed by atoms with E-state index in [-0.39, 0.29) is 0 Å². The van der Waals surface area contributed by atoms with Gasteiger partial charge in [0.15, 0.2) is 5.82 Å². The fourth-order valence-electron chi connectivity index (χ4n) is 11.0. The number of para-hydroxylation sites is 4. The van der Waals surface area contributed by atoms with Crippen LogP contribution in [0.2, 0.25) is 0 Å². The highest BCUT2D eigenvalue weighted by Gasteiger charge is 2.22. The Hall–Kier alpha value is -12.1. The summed E-state index contributed by atoms with van der Waals surface area (Å²) in [5, 5.41) is 43.0. The summed E-state index contributed by atoms with van der Waals surface area (Å²) in [5.41, 5.74) is 17.2. The normalized spacial score (nSPS) is 10.8. The van der Waals surface area contributed by atoms with E-state index < -0.39 is 0 Å². The number of rotatable bonds is 12. The smallest absolute Gasteiger partial charge is 0.160 e. The number of aromatic nitrogens is 3. The van der Waals surface area contributed by atoms with Gasteiger partial charge in [-0.25, -0.2) is 9.97 Å². The molecule has 0 atom stereocenters. The summed E-state index contributed by atoms with van der Waals surface area (Å²) < 4.78 is 2.31. The van der Waals surface area contributed by atoms with E-state index in [4.69, 9.17) is 9.97 Å². The van der Waals surface area contributed by atoms with Crippen molar-refractivity contribution in [2.24, 2.45) is 0 Å². The zero-order chi connectivity index (χ0) is 56.2. The molecule has 0 amide bonds. The van der Waals surface area contributed by atoms with Crippen LogP contribution in [0.25, 0.3) is 83.6 Å². The molecule has 0 radical (unpaired) electrons. The molecular weight excluding hydrogens is 1010 g/mol. The van der Waals surface area contributed by atoms with Crippen LogP contribution in [0.4, 0.5) is 34.1 Å². The molecule has 0 N–H and O–H groups in total. The maximum atomic E-state index is 10.8. The van der Waals surface area contributed by atoms with Crippen molar-refractivity contribution >= 4 is 55.9 Å². The van der Waals surface area contributed by atoms with Gasteiger partial charge in [-0.15, -0.1) is 0 Å². The summed E-state index contributed by atoms with van der Waals surface area (Å²) >= 11 is 0. The molecule has 0 unspecified atom stereocenters.